The van der Waals surface area contributed by atoms with Crippen molar-refractivity contribution in [1.82, 2.24) is 19.5 Å². The molecule has 1 aliphatic rings. The molecule has 1 aromatic carbocycles. The summed E-state index contributed by atoms with van der Waals surface area (Å²) in [7, 11) is 2.98. The summed E-state index contributed by atoms with van der Waals surface area (Å²) in [5.74, 6) is 4.26. The molecule has 1 atom stereocenters. The Bertz CT molecular complexity index is 1160. The quantitative estimate of drug-likeness (QED) is 0.505. The van der Waals surface area contributed by atoms with E-state index in [2.05, 4.69) is 20.9 Å². The van der Waals surface area contributed by atoms with Crippen molar-refractivity contribution in [2.24, 2.45) is 0 Å². The van der Waals surface area contributed by atoms with Crippen LogP contribution in [-0.4, -0.2) is 39.8 Å². The molecule has 29 heavy (non-hydrogen) atoms. The van der Waals surface area contributed by atoms with E-state index in [4.69, 9.17) is 38.0 Å². The molecule has 0 spiro atoms. The highest BCUT2D eigenvalue weighted by atomic mass is 35.5. The van der Waals surface area contributed by atoms with E-state index < -0.39 is 12.2 Å². The summed E-state index contributed by atoms with van der Waals surface area (Å²) in [5.41, 5.74) is 7.12. The zero-order valence-electron chi connectivity index (χ0n) is 15.7. The van der Waals surface area contributed by atoms with E-state index in [1.54, 1.807) is 10.6 Å². The lowest BCUT2D eigenvalue weighted by Crippen LogP contribution is -2.20. The predicted molar refractivity (Wildman–Crippen MR) is 105 cm³/mol. The molecule has 150 valence electrons. The maximum atomic E-state index is 13.8. The van der Waals surface area contributed by atoms with Crippen molar-refractivity contribution in [1.29, 1.82) is 0 Å². The van der Waals surface area contributed by atoms with Gasteiger partial charge in [0.25, 0.3) is 0 Å². The van der Waals surface area contributed by atoms with Gasteiger partial charge < -0.3 is 24.5 Å². The number of methoxy groups -OCH3 is 2. The third kappa shape index (κ3) is 3.15. The van der Waals surface area contributed by atoms with Gasteiger partial charge in [-0.15, -0.1) is 6.42 Å². The smallest absolute Gasteiger partial charge is 0.312 e. The van der Waals surface area contributed by atoms with Gasteiger partial charge in [-0.2, -0.15) is 14.4 Å². The Hall–Kier alpha value is -3.25. The SMILES string of the molecule is C#CC1CCn2c(nc3c(N)nc(F)nc32)Cc2cc(c(OC)c(OC)c2Cl)O1. The van der Waals surface area contributed by atoms with Crippen molar-refractivity contribution in [3.8, 4) is 29.6 Å². The first kappa shape index (κ1) is 19.1. The summed E-state index contributed by atoms with van der Waals surface area (Å²) in [5, 5.41) is 0.346. The number of benzene rings is 1. The molecule has 2 aromatic heterocycles. The van der Waals surface area contributed by atoms with E-state index in [1.807, 2.05) is 0 Å². The molecular weight excluding hydrogens is 401 g/mol. The second-order valence-corrected chi connectivity index (χ2v) is 6.76. The van der Waals surface area contributed by atoms with Gasteiger partial charge in [0.1, 0.15) is 5.82 Å². The second-order valence-electron chi connectivity index (χ2n) is 6.38. The minimum Gasteiger partial charge on any atom is -0.491 e. The van der Waals surface area contributed by atoms with Gasteiger partial charge in [-0.05, 0) is 11.6 Å². The summed E-state index contributed by atoms with van der Waals surface area (Å²) in [6.45, 7) is 0.387. The maximum Gasteiger partial charge on any atom is 0.312 e. The highest BCUT2D eigenvalue weighted by Crippen LogP contribution is 2.46. The van der Waals surface area contributed by atoms with Crippen molar-refractivity contribution in [2.75, 3.05) is 20.0 Å². The van der Waals surface area contributed by atoms with Crippen molar-refractivity contribution in [2.45, 2.75) is 25.5 Å². The lowest BCUT2D eigenvalue weighted by atomic mass is 10.1. The van der Waals surface area contributed by atoms with Crippen LogP contribution < -0.4 is 19.9 Å². The standard InChI is InChI=1S/C19H17ClFN5O3/c1-4-10-5-6-26-12(23-14-17(22)24-19(21)25-18(14)26)8-9-7-11(29-10)15(27-2)16(28-3)13(9)20/h1,7,10H,5-6,8H2,2-3H3,(H2,22,24,25). The number of halogens is 2. The Labute approximate surface area is 170 Å². The van der Waals surface area contributed by atoms with E-state index in [0.717, 1.165) is 0 Å². The Balaban J connectivity index is 1.97. The number of rotatable bonds is 2. The number of hydrogen-bond donors (Lipinski definition) is 1. The van der Waals surface area contributed by atoms with Crippen LogP contribution in [0, 0.1) is 18.4 Å². The zero-order chi connectivity index (χ0) is 20.7. The Kier molecular flexibility index (Phi) is 4.80. The first-order chi connectivity index (χ1) is 14.0. The Morgan fingerprint density at radius 3 is 2.76 bits per heavy atom. The largest absolute Gasteiger partial charge is 0.491 e. The number of aromatic nitrogens is 4. The third-order valence-electron chi connectivity index (χ3n) is 4.72. The Morgan fingerprint density at radius 1 is 1.31 bits per heavy atom. The van der Waals surface area contributed by atoms with Crippen molar-refractivity contribution in [3.05, 3.63) is 28.6 Å². The molecule has 4 rings (SSSR count). The molecule has 3 aromatic rings. The van der Waals surface area contributed by atoms with Crippen LogP contribution in [0.25, 0.3) is 11.2 Å². The van der Waals surface area contributed by atoms with Gasteiger partial charge in [0.05, 0.1) is 19.2 Å². The van der Waals surface area contributed by atoms with Crippen LogP contribution in [0.2, 0.25) is 5.02 Å². The summed E-state index contributed by atoms with van der Waals surface area (Å²) in [4.78, 5) is 12.0. The molecule has 1 aliphatic heterocycles. The summed E-state index contributed by atoms with van der Waals surface area (Å²) in [6.07, 6.45) is 4.87. The first-order valence-corrected chi connectivity index (χ1v) is 9.08. The van der Waals surface area contributed by atoms with Crippen LogP contribution in [0.4, 0.5) is 10.2 Å². The molecular formula is C19H17ClFN5O3. The van der Waals surface area contributed by atoms with Gasteiger partial charge in [0.15, 0.2) is 34.6 Å². The molecule has 0 saturated heterocycles. The molecule has 2 bridgehead atoms. The van der Waals surface area contributed by atoms with Crippen molar-refractivity contribution < 1.29 is 18.6 Å². The third-order valence-corrected chi connectivity index (χ3v) is 5.13. The van der Waals surface area contributed by atoms with Gasteiger partial charge >= 0.3 is 6.08 Å². The number of terminal acetylenes is 1. The van der Waals surface area contributed by atoms with Crippen LogP contribution in [-0.2, 0) is 13.0 Å². The van der Waals surface area contributed by atoms with Crippen LogP contribution in [0.5, 0.6) is 17.2 Å². The molecule has 0 radical (unpaired) electrons. The first-order valence-electron chi connectivity index (χ1n) is 8.71. The molecule has 8 nitrogen and oxygen atoms in total. The van der Waals surface area contributed by atoms with Crippen molar-refractivity contribution >= 4 is 28.6 Å². The number of nitrogens with zero attached hydrogens (tertiary/aromatic N) is 4. The number of aryl methyl sites for hydroxylation is 1. The number of fused-ring (bicyclic) bond motifs is 5. The number of nitrogen functional groups attached to an aromatic ring is 1. The second kappa shape index (κ2) is 7.29. The monoisotopic (exact) mass is 417 g/mol. The summed E-state index contributed by atoms with van der Waals surface area (Å²) >= 11 is 6.56. The highest BCUT2D eigenvalue weighted by molar-refractivity contribution is 6.33. The lowest BCUT2D eigenvalue weighted by Gasteiger charge is -2.22. The Morgan fingerprint density at radius 2 is 2.07 bits per heavy atom. The summed E-state index contributed by atoms with van der Waals surface area (Å²) in [6, 6.07) is 1.73. The lowest BCUT2D eigenvalue weighted by molar-refractivity contribution is 0.224. The number of imidazole rings is 1. The van der Waals surface area contributed by atoms with E-state index in [0.29, 0.717) is 58.6 Å². The minimum atomic E-state index is -0.925. The van der Waals surface area contributed by atoms with Gasteiger partial charge in [0, 0.05) is 19.4 Å². The van der Waals surface area contributed by atoms with Gasteiger partial charge in [-0.3, -0.25) is 0 Å². The molecule has 0 aliphatic carbocycles. The number of nitrogens with two attached hydrogens (primary N) is 1. The minimum absolute atomic E-state index is 0.0359. The number of ether oxygens (including phenoxy) is 3. The van der Waals surface area contributed by atoms with Crippen LogP contribution in [0.15, 0.2) is 6.07 Å². The van der Waals surface area contributed by atoms with E-state index in [1.165, 1.54) is 14.2 Å². The topological polar surface area (TPSA) is 97.3 Å². The maximum absolute atomic E-state index is 13.8. The fraction of sp³-hybridized carbons (Fsp3) is 0.316. The summed E-state index contributed by atoms with van der Waals surface area (Å²) < 4.78 is 32.4. The zero-order valence-corrected chi connectivity index (χ0v) is 16.5. The normalized spacial score (nSPS) is 15.9. The van der Waals surface area contributed by atoms with Gasteiger partial charge in [-0.25, -0.2) is 4.98 Å². The van der Waals surface area contributed by atoms with Crippen LogP contribution >= 0.6 is 11.6 Å². The molecule has 3 heterocycles. The fourth-order valence-electron chi connectivity index (χ4n) is 3.39. The number of hydrogen-bond acceptors (Lipinski definition) is 7. The average Bonchev–Trinajstić information content (AvgIpc) is 3.04. The predicted octanol–water partition coefficient (Wildman–Crippen LogP) is 2.59. The molecule has 0 saturated carbocycles. The van der Waals surface area contributed by atoms with Crippen LogP contribution in [0.3, 0.4) is 0 Å². The molecule has 1 unspecified atom stereocenters. The fourth-order valence-corrected chi connectivity index (χ4v) is 3.68. The van der Waals surface area contributed by atoms with Gasteiger partial charge in [0.2, 0.25) is 5.75 Å². The van der Waals surface area contributed by atoms with E-state index >= 15 is 0 Å². The highest BCUT2D eigenvalue weighted by Gasteiger charge is 2.26. The molecule has 2 N–H and O–H groups in total. The number of anilines is 1. The van der Waals surface area contributed by atoms with Crippen molar-refractivity contribution in [3.63, 3.8) is 0 Å². The van der Waals surface area contributed by atoms with E-state index in [9.17, 15) is 4.39 Å². The average molecular weight is 418 g/mol. The van der Waals surface area contributed by atoms with Gasteiger partial charge in [-0.1, -0.05) is 17.5 Å². The van der Waals surface area contributed by atoms with E-state index in [-0.39, 0.29) is 11.5 Å². The molecule has 0 fully saturated rings. The van der Waals surface area contributed by atoms with Crippen LogP contribution in [0.1, 0.15) is 17.8 Å². The molecule has 0 amide bonds. The molecule has 10 heteroatoms.